The number of rotatable bonds is 5. The molecule has 2 amide bonds. The van der Waals surface area contributed by atoms with Gasteiger partial charge in [0.05, 0.1) is 29.2 Å². The van der Waals surface area contributed by atoms with Crippen LogP contribution in [0.4, 0.5) is 11.4 Å². The van der Waals surface area contributed by atoms with Crippen molar-refractivity contribution in [1.82, 2.24) is 4.31 Å². The van der Waals surface area contributed by atoms with Crippen LogP contribution in [0.2, 0.25) is 0 Å². The van der Waals surface area contributed by atoms with Crippen LogP contribution in [-0.2, 0) is 24.3 Å². The second kappa shape index (κ2) is 8.89. The molecule has 3 atom stereocenters. The van der Waals surface area contributed by atoms with Crippen molar-refractivity contribution in [3.8, 4) is 5.75 Å². The summed E-state index contributed by atoms with van der Waals surface area (Å²) >= 11 is 0. The topological polar surface area (TPSA) is 114 Å². The molecule has 9 nitrogen and oxygen atoms in total. The fourth-order valence-electron chi connectivity index (χ4n) is 3.79. The van der Waals surface area contributed by atoms with E-state index >= 15 is 0 Å². The molecule has 2 aliphatic heterocycles. The van der Waals surface area contributed by atoms with Crippen molar-refractivity contribution in [2.45, 2.75) is 43.5 Å². The minimum atomic E-state index is -3.66. The van der Waals surface area contributed by atoms with Crippen molar-refractivity contribution in [1.29, 1.82) is 0 Å². The first kappa shape index (κ1) is 22.3. The number of carbonyl (C=O) groups is 2. The second-order valence-corrected chi connectivity index (χ2v) is 9.89. The van der Waals surface area contributed by atoms with E-state index in [4.69, 9.17) is 9.47 Å². The monoisotopic (exact) mass is 459 g/mol. The maximum atomic E-state index is 12.9. The van der Waals surface area contributed by atoms with Crippen LogP contribution in [0.1, 0.15) is 20.3 Å². The summed E-state index contributed by atoms with van der Waals surface area (Å²) in [6, 6.07) is 12.9. The number of carbonyl (C=O) groups excluding carboxylic acids is 2. The van der Waals surface area contributed by atoms with Crippen molar-refractivity contribution in [3.05, 3.63) is 48.5 Å². The van der Waals surface area contributed by atoms with Gasteiger partial charge in [-0.25, -0.2) is 8.42 Å². The van der Waals surface area contributed by atoms with E-state index in [0.29, 0.717) is 17.1 Å². The van der Waals surface area contributed by atoms with Gasteiger partial charge >= 0.3 is 0 Å². The van der Waals surface area contributed by atoms with Crippen LogP contribution in [0.5, 0.6) is 5.75 Å². The Bertz CT molecular complexity index is 1110. The molecule has 0 aliphatic carbocycles. The maximum absolute atomic E-state index is 12.9. The minimum Gasteiger partial charge on any atom is -0.478 e. The third kappa shape index (κ3) is 4.77. The zero-order valence-electron chi connectivity index (χ0n) is 17.8. The summed E-state index contributed by atoms with van der Waals surface area (Å²) in [4.78, 5) is 24.8. The number of benzene rings is 2. The van der Waals surface area contributed by atoms with Crippen LogP contribution in [-0.4, -0.2) is 55.9 Å². The molecule has 10 heteroatoms. The molecular weight excluding hydrogens is 434 g/mol. The minimum absolute atomic E-state index is 0.142. The zero-order chi connectivity index (χ0) is 22.9. The molecule has 2 aromatic carbocycles. The molecule has 0 aromatic heterocycles. The quantitative estimate of drug-likeness (QED) is 0.709. The van der Waals surface area contributed by atoms with Crippen molar-refractivity contribution in [2.24, 2.45) is 0 Å². The summed E-state index contributed by atoms with van der Waals surface area (Å²) in [5, 5.41) is 5.40. The Hall–Kier alpha value is -2.95. The van der Waals surface area contributed by atoms with Gasteiger partial charge in [-0.3, -0.25) is 9.59 Å². The molecule has 0 spiro atoms. The van der Waals surface area contributed by atoms with Crippen LogP contribution in [0.3, 0.4) is 0 Å². The maximum Gasteiger partial charge on any atom is 0.266 e. The summed E-state index contributed by atoms with van der Waals surface area (Å²) in [7, 11) is -3.66. The molecule has 32 heavy (non-hydrogen) atoms. The predicted octanol–water partition coefficient (Wildman–Crippen LogP) is 2.21. The van der Waals surface area contributed by atoms with Gasteiger partial charge in [0.15, 0.2) is 6.10 Å². The second-order valence-electron chi connectivity index (χ2n) is 7.95. The molecular formula is C22H25N3O6S. The predicted molar refractivity (Wildman–Crippen MR) is 118 cm³/mol. The number of nitrogens with zero attached hydrogens (tertiary/aromatic N) is 1. The average Bonchev–Trinajstić information content (AvgIpc) is 2.74. The summed E-state index contributed by atoms with van der Waals surface area (Å²) < 4.78 is 38.5. The van der Waals surface area contributed by atoms with Gasteiger partial charge in [-0.1, -0.05) is 12.1 Å². The largest absolute Gasteiger partial charge is 0.478 e. The Morgan fingerprint density at radius 1 is 1.09 bits per heavy atom. The fourth-order valence-corrected chi connectivity index (χ4v) is 5.38. The lowest BCUT2D eigenvalue weighted by molar-refractivity contribution is -0.128. The summed E-state index contributed by atoms with van der Waals surface area (Å²) in [6.45, 7) is 4.26. The zero-order valence-corrected chi connectivity index (χ0v) is 18.6. The Morgan fingerprint density at radius 2 is 1.75 bits per heavy atom. The number of nitrogens with one attached hydrogen (secondary N) is 2. The van der Waals surface area contributed by atoms with Crippen LogP contribution in [0, 0.1) is 0 Å². The lowest BCUT2D eigenvalue weighted by Crippen LogP contribution is -2.48. The Kier molecular flexibility index (Phi) is 6.18. The highest BCUT2D eigenvalue weighted by molar-refractivity contribution is 7.89. The van der Waals surface area contributed by atoms with E-state index in [2.05, 4.69) is 10.6 Å². The van der Waals surface area contributed by atoms with Crippen LogP contribution in [0.15, 0.2) is 53.4 Å². The van der Waals surface area contributed by atoms with Gasteiger partial charge in [0.25, 0.3) is 5.91 Å². The molecule has 2 heterocycles. The highest BCUT2D eigenvalue weighted by Crippen LogP contribution is 2.30. The highest BCUT2D eigenvalue weighted by Gasteiger charge is 2.32. The first-order chi connectivity index (χ1) is 15.2. The molecule has 0 saturated carbocycles. The Morgan fingerprint density at radius 3 is 2.44 bits per heavy atom. The van der Waals surface area contributed by atoms with Gasteiger partial charge in [-0.05, 0) is 50.2 Å². The molecule has 170 valence electrons. The standard InChI is InChI=1S/C22H25N3O6S/c1-14-12-25(13-15(2)30-14)32(28,29)17-9-7-16(8-10-17)23-21(26)11-20-22(27)24-18-5-3-4-6-19(18)31-20/h3-10,14-15,20H,11-13H2,1-2H3,(H,23,26)(H,24,27)/t14-,15+,20-/m1/s1. The molecule has 0 radical (unpaired) electrons. The molecule has 0 unspecified atom stereocenters. The number of fused-ring (bicyclic) bond motifs is 1. The first-order valence-electron chi connectivity index (χ1n) is 10.3. The van der Waals surface area contributed by atoms with Crippen molar-refractivity contribution in [3.63, 3.8) is 0 Å². The number of para-hydroxylation sites is 2. The lowest BCUT2D eigenvalue weighted by Gasteiger charge is -2.34. The lowest BCUT2D eigenvalue weighted by atomic mass is 10.1. The number of anilines is 2. The van der Waals surface area contributed by atoms with E-state index in [-0.39, 0.29) is 36.6 Å². The van der Waals surface area contributed by atoms with Gasteiger partial charge in [-0.15, -0.1) is 0 Å². The van der Waals surface area contributed by atoms with Crippen molar-refractivity contribution < 1.29 is 27.5 Å². The number of sulfonamides is 1. The fraction of sp³-hybridized carbons (Fsp3) is 0.364. The van der Waals surface area contributed by atoms with Gasteiger partial charge in [-0.2, -0.15) is 4.31 Å². The van der Waals surface area contributed by atoms with Crippen LogP contribution < -0.4 is 15.4 Å². The Labute approximate surface area is 186 Å². The van der Waals surface area contributed by atoms with E-state index in [0.717, 1.165) is 0 Å². The van der Waals surface area contributed by atoms with Gasteiger partial charge in [0.1, 0.15) is 5.75 Å². The van der Waals surface area contributed by atoms with E-state index in [1.165, 1.54) is 28.6 Å². The van der Waals surface area contributed by atoms with Gasteiger partial charge < -0.3 is 20.1 Å². The summed E-state index contributed by atoms with van der Waals surface area (Å²) in [6.07, 6.45) is -1.49. The molecule has 2 aliphatic rings. The van der Waals surface area contributed by atoms with E-state index in [1.807, 2.05) is 13.8 Å². The molecule has 1 fully saturated rings. The third-order valence-corrected chi connectivity index (χ3v) is 7.09. The van der Waals surface area contributed by atoms with Crippen molar-refractivity contribution in [2.75, 3.05) is 23.7 Å². The number of morpholine rings is 1. The number of hydrogen-bond acceptors (Lipinski definition) is 6. The SMILES string of the molecule is C[C@@H]1CN(S(=O)(=O)c2ccc(NC(=O)C[C@H]3Oc4ccccc4NC3=O)cc2)C[C@H](C)O1. The molecule has 4 rings (SSSR count). The highest BCUT2D eigenvalue weighted by atomic mass is 32.2. The molecule has 1 saturated heterocycles. The van der Waals surface area contributed by atoms with E-state index in [1.54, 1.807) is 24.3 Å². The van der Waals surface area contributed by atoms with E-state index in [9.17, 15) is 18.0 Å². The third-order valence-electron chi connectivity index (χ3n) is 5.24. The summed E-state index contributed by atoms with van der Waals surface area (Å²) in [5.74, 6) is -0.309. The van der Waals surface area contributed by atoms with Crippen molar-refractivity contribution >= 4 is 33.2 Å². The number of ether oxygens (including phenoxy) is 2. The molecule has 2 aromatic rings. The first-order valence-corrected chi connectivity index (χ1v) is 11.8. The van der Waals surface area contributed by atoms with Gasteiger partial charge in [0, 0.05) is 18.8 Å². The smallest absolute Gasteiger partial charge is 0.266 e. The number of hydrogen-bond donors (Lipinski definition) is 2. The van der Waals surface area contributed by atoms with Crippen LogP contribution >= 0.6 is 0 Å². The molecule has 0 bridgehead atoms. The van der Waals surface area contributed by atoms with E-state index < -0.39 is 27.9 Å². The number of amides is 2. The van der Waals surface area contributed by atoms with Crippen LogP contribution in [0.25, 0.3) is 0 Å². The normalized spacial score (nSPS) is 23.6. The Balaban J connectivity index is 1.38. The molecule has 2 N–H and O–H groups in total. The van der Waals surface area contributed by atoms with Gasteiger partial charge in [0.2, 0.25) is 15.9 Å². The average molecular weight is 460 g/mol. The summed E-state index contributed by atoms with van der Waals surface area (Å²) in [5.41, 5.74) is 0.990.